The molecule has 6 nitrogen and oxygen atoms in total. The zero-order valence-corrected chi connectivity index (χ0v) is 18.5. The van der Waals surface area contributed by atoms with E-state index in [1.807, 2.05) is 17.0 Å². The summed E-state index contributed by atoms with van der Waals surface area (Å²) in [5.41, 5.74) is 1.18. The summed E-state index contributed by atoms with van der Waals surface area (Å²) in [4.78, 5) is 34.5. The number of rotatable bonds is 5. The van der Waals surface area contributed by atoms with Crippen molar-refractivity contribution in [1.82, 2.24) is 14.8 Å². The van der Waals surface area contributed by atoms with Gasteiger partial charge < -0.3 is 14.5 Å². The number of pyridine rings is 1. The molecule has 4 rings (SSSR count). The fraction of sp³-hybridized carbons (Fsp3) is 0.480. The largest absolute Gasteiger partial charge is 0.434 e. The number of hydrogen-bond acceptors (Lipinski definition) is 4. The maximum atomic E-state index is 13.7. The molecule has 2 aromatic rings. The number of alkyl halides is 2. The molecule has 2 aliphatic heterocycles. The highest BCUT2D eigenvalue weighted by Gasteiger charge is 2.35. The zero-order chi connectivity index (χ0) is 23.2. The van der Waals surface area contributed by atoms with Gasteiger partial charge in [-0.2, -0.15) is 8.78 Å². The minimum atomic E-state index is -3.01. The summed E-state index contributed by atoms with van der Waals surface area (Å²) in [6.45, 7) is -1.55. The summed E-state index contributed by atoms with van der Waals surface area (Å²) in [6.07, 6.45) is 8.91. The van der Waals surface area contributed by atoms with E-state index in [0.717, 1.165) is 31.2 Å². The molecule has 2 atom stereocenters. The van der Waals surface area contributed by atoms with Crippen molar-refractivity contribution < 1.29 is 23.1 Å². The van der Waals surface area contributed by atoms with Crippen LogP contribution in [-0.4, -0.2) is 52.8 Å². The van der Waals surface area contributed by atoms with Gasteiger partial charge in [0, 0.05) is 32.0 Å². The number of amides is 2. The lowest BCUT2D eigenvalue weighted by Gasteiger charge is -2.38. The monoisotopic (exact) mass is 457 g/mol. The smallest absolute Gasteiger partial charge is 0.387 e. The molecule has 0 spiro atoms. The summed E-state index contributed by atoms with van der Waals surface area (Å²) in [7, 11) is 0. The van der Waals surface area contributed by atoms with Crippen LogP contribution in [-0.2, 0) is 4.79 Å². The highest BCUT2D eigenvalue weighted by atomic mass is 19.3. The van der Waals surface area contributed by atoms with Crippen LogP contribution in [0.2, 0.25) is 0 Å². The SMILES string of the molecule is O=C(c1ccccc1OC(F)F)N1CCCC(C(=O)N2CCCCCC2c2ccncc2)C1. The Balaban J connectivity index is 1.51. The molecule has 0 saturated carbocycles. The van der Waals surface area contributed by atoms with E-state index in [0.29, 0.717) is 25.9 Å². The van der Waals surface area contributed by atoms with Gasteiger partial charge in [-0.25, -0.2) is 0 Å². The molecule has 33 heavy (non-hydrogen) atoms. The molecule has 8 heteroatoms. The van der Waals surface area contributed by atoms with Gasteiger partial charge in [0.15, 0.2) is 0 Å². The molecule has 0 radical (unpaired) electrons. The maximum Gasteiger partial charge on any atom is 0.387 e. The third-order valence-electron chi connectivity index (χ3n) is 6.52. The molecule has 1 aromatic heterocycles. The van der Waals surface area contributed by atoms with Crippen molar-refractivity contribution in [1.29, 1.82) is 0 Å². The van der Waals surface area contributed by atoms with Gasteiger partial charge in [0.05, 0.1) is 17.5 Å². The lowest BCUT2D eigenvalue weighted by molar-refractivity contribution is -0.139. The number of hydrogen-bond donors (Lipinski definition) is 0. The first-order chi connectivity index (χ1) is 16.0. The van der Waals surface area contributed by atoms with Gasteiger partial charge in [-0.05, 0) is 55.5 Å². The average Bonchev–Trinajstić information content (AvgIpc) is 3.10. The Morgan fingerprint density at radius 3 is 2.55 bits per heavy atom. The molecule has 2 saturated heterocycles. The molecule has 1 aromatic carbocycles. The Bertz CT molecular complexity index is 957. The molecule has 0 bridgehead atoms. The Kier molecular flexibility index (Phi) is 7.52. The maximum absolute atomic E-state index is 13.7. The lowest BCUT2D eigenvalue weighted by atomic mass is 9.93. The average molecular weight is 458 g/mol. The topological polar surface area (TPSA) is 62.7 Å². The van der Waals surface area contributed by atoms with Crippen LogP contribution in [0.4, 0.5) is 8.78 Å². The van der Waals surface area contributed by atoms with Gasteiger partial charge in [-0.1, -0.05) is 25.0 Å². The Hall–Kier alpha value is -3.03. The number of aromatic nitrogens is 1. The molecule has 2 amide bonds. The summed E-state index contributed by atoms with van der Waals surface area (Å²) in [5, 5.41) is 0. The Labute approximate surface area is 192 Å². The van der Waals surface area contributed by atoms with E-state index in [1.165, 1.54) is 12.1 Å². The first kappa shape index (κ1) is 23.1. The summed E-state index contributed by atoms with van der Waals surface area (Å²) in [5.74, 6) is -0.775. The molecule has 2 aliphatic rings. The van der Waals surface area contributed by atoms with Crippen LogP contribution in [0.3, 0.4) is 0 Å². The summed E-state index contributed by atoms with van der Waals surface area (Å²) in [6, 6.07) is 9.96. The predicted octanol–water partition coefficient (Wildman–Crippen LogP) is 4.68. The van der Waals surface area contributed by atoms with Crippen LogP contribution in [0.5, 0.6) is 5.75 Å². The van der Waals surface area contributed by atoms with Crippen LogP contribution < -0.4 is 4.74 Å². The van der Waals surface area contributed by atoms with E-state index < -0.39 is 6.61 Å². The van der Waals surface area contributed by atoms with Crippen LogP contribution >= 0.6 is 0 Å². The molecular weight excluding hydrogens is 428 g/mol. The minimum Gasteiger partial charge on any atom is -0.434 e. The number of nitrogens with zero attached hydrogens (tertiary/aromatic N) is 3. The number of carbonyl (C=O) groups is 2. The molecule has 3 heterocycles. The number of halogens is 2. The van der Waals surface area contributed by atoms with Crippen molar-refractivity contribution in [2.75, 3.05) is 19.6 Å². The van der Waals surface area contributed by atoms with Gasteiger partial charge in [0.1, 0.15) is 5.75 Å². The fourth-order valence-electron chi connectivity index (χ4n) is 4.91. The van der Waals surface area contributed by atoms with Gasteiger partial charge in [0.2, 0.25) is 5.91 Å². The lowest BCUT2D eigenvalue weighted by Crippen LogP contribution is -2.47. The second-order valence-corrected chi connectivity index (χ2v) is 8.64. The summed E-state index contributed by atoms with van der Waals surface area (Å²) >= 11 is 0. The number of carbonyl (C=O) groups excluding carboxylic acids is 2. The van der Waals surface area contributed by atoms with Crippen molar-refractivity contribution in [3.05, 3.63) is 59.9 Å². The first-order valence-corrected chi connectivity index (χ1v) is 11.6. The third kappa shape index (κ3) is 5.49. The molecule has 176 valence electrons. The van der Waals surface area contributed by atoms with E-state index in [2.05, 4.69) is 9.72 Å². The van der Waals surface area contributed by atoms with Crippen LogP contribution in [0.1, 0.15) is 60.5 Å². The normalized spacial score (nSPS) is 21.5. The number of ether oxygens (including phenoxy) is 1. The summed E-state index contributed by atoms with van der Waals surface area (Å²) < 4.78 is 30.1. The van der Waals surface area contributed by atoms with E-state index in [-0.39, 0.29) is 41.6 Å². The number of benzene rings is 1. The molecule has 0 aliphatic carbocycles. The van der Waals surface area contributed by atoms with E-state index >= 15 is 0 Å². The van der Waals surface area contributed by atoms with Gasteiger partial charge >= 0.3 is 6.61 Å². The van der Waals surface area contributed by atoms with Crippen molar-refractivity contribution in [2.45, 2.75) is 51.2 Å². The van der Waals surface area contributed by atoms with Crippen molar-refractivity contribution in [3.8, 4) is 5.75 Å². The predicted molar refractivity (Wildman–Crippen MR) is 119 cm³/mol. The highest BCUT2D eigenvalue weighted by molar-refractivity contribution is 5.97. The Morgan fingerprint density at radius 2 is 1.76 bits per heavy atom. The minimum absolute atomic E-state index is 0.00856. The number of piperidine rings is 1. The Morgan fingerprint density at radius 1 is 0.970 bits per heavy atom. The molecule has 2 unspecified atom stereocenters. The van der Waals surface area contributed by atoms with Crippen molar-refractivity contribution >= 4 is 11.8 Å². The third-order valence-corrected chi connectivity index (χ3v) is 6.52. The number of likely N-dealkylation sites (tertiary alicyclic amines) is 2. The van der Waals surface area contributed by atoms with Crippen LogP contribution in [0, 0.1) is 5.92 Å². The van der Waals surface area contributed by atoms with Crippen LogP contribution in [0.15, 0.2) is 48.8 Å². The first-order valence-electron chi connectivity index (χ1n) is 11.6. The van der Waals surface area contributed by atoms with Gasteiger partial charge in [-0.15, -0.1) is 0 Å². The van der Waals surface area contributed by atoms with E-state index in [4.69, 9.17) is 0 Å². The van der Waals surface area contributed by atoms with E-state index in [1.54, 1.807) is 29.4 Å². The molecule has 2 fully saturated rings. The molecular formula is C25H29F2N3O3. The van der Waals surface area contributed by atoms with Crippen molar-refractivity contribution in [2.24, 2.45) is 5.92 Å². The fourth-order valence-corrected chi connectivity index (χ4v) is 4.91. The highest BCUT2D eigenvalue weighted by Crippen LogP contribution is 2.33. The molecule has 0 N–H and O–H groups in total. The standard InChI is InChI=1S/C25H29F2N3O3/c26-25(27)33-22-10-4-3-8-20(22)24(32)29-15-6-7-19(17-29)23(31)30-16-5-1-2-9-21(30)18-11-13-28-14-12-18/h3-4,8,10-14,19,21,25H,1-2,5-7,9,15-17H2. The quantitative estimate of drug-likeness (QED) is 0.654. The second kappa shape index (κ2) is 10.7. The van der Waals surface area contributed by atoms with Gasteiger partial charge in [-0.3, -0.25) is 14.6 Å². The van der Waals surface area contributed by atoms with E-state index in [9.17, 15) is 18.4 Å². The number of para-hydroxylation sites is 1. The van der Waals surface area contributed by atoms with Crippen LogP contribution in [0.25, 0.3) is 0 Å². The van der Waals surface area contributed by atoms with Gasteiger partial charge in [0.25, 0.3) is 5.91 Å². The zero-order valence-electron chi connectivity index (χ0n) is 18.5. The second-order valence-electron chi connectivity index (χ2n) is 8.64. The van der Waals surface area contributed by atoms with Crippen molar-refractivity contribution in [3.63, 3.8) is 0 Å².